The van der Waals surface area contributed by atoms with Gasteiger partial charge in [0.2, 0.25) is 5.82 Å². The number of nitrogens with zero attached hydrogens (tertiary/aromatic N) is 4. The zero-order valence-electron chi connectivity index (χ0n) is 12.4. The SMILES string of the molecule is O=C(NC1CCC(Oc2ncc(Cl)cn2)CC1)c1ncccn1. The van der Waals surface area contributed by atoms with E-state index < -0.39 is 0 Å². The highest BCUT2D eigenvalue weighted by Crippen LogP contribution is 2.22. The summed E-state index contributed by atoms with van der Waals surface area (Å²) >= 11 is 5.74. The molecule has 0 saturated heterocycles. The Hall–Kier alpha value is -2.28. The van der Waals surface area contributed by atoms with Gasteiger partial charge in [0.25, 0.3) is 5.91 Å². The lowest BCUT2D eigenvalue weighted by Gasteiger charge is -2.28. The second-order valence-corrected chi connectivity index (χ2v) is 5.76. The van der Waals surface area contributed by atoms with E-state index in [1.165, 1.54) is 12.4 Å². The fourth-order valence-corrected chi connectivity index (χ4v) is 2.60. The van der Waals surface area contributed by atoms with Crippen LogP contribution in [-0.4, -0.2) is 38.0 Å². The number of ether oxygens (including phenoxy) is 1. The minimum Gasteiger partial charge on any atom is -0.460 e. The molecular formula is C15H16ClN5O2. The van der Waals surface area contributed by atoms with Gasteiger partial charge in [-0.05, 0) is 31.7 Å². The number of aromatic nitrogens is 4. The first-order chi connectivity index (χ1) is 11.2. The smallest absolute Gasteiger partial charge is 0.316 e. The predicted octanol–water partition coefficient (Wildman–Crippen LogP) is 2.04. The first-order valence-electron chi connectivity index (χ1n) is 7.43. The summed E-state index contributed by atoms with van der Waals surface area (Å²) < 4.78 is 5.73. The van der Waals surface area contributed by atoms with Crippen LogP contribution in [0.1, 0.15) is 36.3 Å². The highest BCUT2D eigenvalue weighted by atomic mass is 35.5. The molecule has 1 aliphatic rings. The quantitative estimate of drug-likeness (QED) is 0.920. The van der Waals surface area contributed by atoms with Crippen LogP contribution in [0.5, 0.6) is 6.01 Å². The summed E-state index contributed by atoms with van der Waals surface area (Å²) in [7, 11) is 0. The lowest BCUT2D eigenvalue weighted by molar-refractivity contribution is 0.0875. The van der Waals surface area contributed by atoms with Crippen LogP contribution in [0.4, 0.5) is 0 Å². The van der Waals surface area contributed by atoms with Gasteiger partial charge in [0.1, 0.15) is 6.10 Å². The van der Waals surface area contributed by atoms with Crippen LogP contribution in [0.3, 0.4) is 0 Å². The van der Waals surface area contributed by atoms with E-state index in [2.05, 4.69) is 25.3 Å². The minimum absolute atomic E-state index is 0.0531. The van der Waals surface area contributed by atoms with Crippen LogP contribution in [-0.2, 0) is 0 Å². The summed E-state index contributed by atoms with van der Waals surface area (Å²) in [6, 6.07) is 2.12. The highest BCUT2D eigenvalue weighted by molar-refractivity contribution is 6.30. The maximum atomic E-state index is 12.0. The van der Waals surface area contributed by atoms with Gasteiger partial charge in [-0.25, -0.2) is 19.9 Å². The third-order valence-corrected chi connectivity index (χ3v) is 3.84. The number of hydrogen-bond donors (Lipinski definition) is 1. The van der Waals surface area contributed by atoms with Gasteiger partial charge in [-0.1, -0.05) is 11.6 Å². The molecule has 2 heterocycles. The van der Waals surface area contributed by atoms with E-state index in [1.54, 1.807) is 18.5 Å². The topological polar surface area (TPSA) is 89.9 Å². The number of carbonyl (C=O) groups is 1. The molecule has 1 N–H and O–H groups in total. The molecule has 120 valence electrons. The molecule has 0 spiro atoms. The van der Waals surface area contributed by atoms with Crippen LogP contribution in [0.2, 0.25) is 5.02 Å². The molecule has 2 aromatic heterocycles. The van der Waals surface area contributed by atoms with E-state index in [0.29, 0.717) is 11.0 Å². The van der Waals surface area contributed by atoms with Gasteiger partial charge in [-0.2, -0.15) is 0 Å². The van der Waals surface area contributed by atoms with Crippen LogP contribution in [0.15, 0.2) is 30.9 Å². The molecule has 0 aliphatic heterocycles. The molecule has 1 saturated carbocycles. The van der Waals surface area contributed by atoms with Gasteiger partial charge in [0, 0.05) is 18.4 Å². The third-order valence-electron chi connectivity index (χ3n) is 3.65. The molecule has 0 unspecified atom stereocenters. The van der Waals surface area contributed by atoms with Crippen molar-refractivity contribution in [3.05, 3.63) is 41.7 Å². The number of rotatable bonds is 4. The van der Waals surface area contributed by atoms with Crippen molar-refractivity contribution < 1.29 is 9.53 Å². The largest absolute Gasteiger partial charge is 0.460 e. The molecule has 1 fully saturated rings. The molecule has 0 aromatic carbocycles. The van der Waals surface area contributed by atoms with Crippen molar-refractivity contribution >= 4 is 17.5 Å². The molecule has 1 aliphatic carbocycles. The number of nitrogens with one attached hydrogen (secondary N) is 1. The molecule has 1 amide bonds. The number of carbonyl (C=O) groups excluding carboxylic acids is 1. The predicted molar refractivity (Wildman–Crippen MR) is 83.2 cm³/mol. The van der Waals surface area contributed by atoms with Crippen LogP contribution >= 0.6 is 11.6 Å². The van der Waals surface area contributed by atoms with Gasteiger partial charge in [0.15, 0.2) is 0 Å². The Morgan fingerprint density at radius 2 is 1.74 bits per heavy atom. The van der Waals surface area contributed by atoms with E-state index in [4.69, 9.17) is 16.3 Å². The Balaban J connectivity index is 1.47. The standard InChI is InChI=1S/C15H16ClN5O2/c16-10-8-19-15(20-9-10)23-12-4-2-11(3-5-12)21-14(22)13-17-6-1-7-18-13/h1,6-9,11-12H,2-5H2,(H,21,22). The Morgan fingerprint density at radius 3 is 2.39 bits per heavy atom. The molecule has 3 rings (SSSR count). The number of hydrogen-bond acceptors (Lipinski definition) is 6. The van der Waals surface area contributed by atoms with Crippen molar-refractivity contribution in [2.24, 2.45) is 0 Å². The van der Waals surface area contributed by atoms with Crippen LogP contribution in [0, 0.1) is 0 Å². The van der Waals surface area contributed by atoms with Gasteiger partial charge in [0.05, 0.1) is 17.4 Å². The molecule has 0 atom stereocenters. The van der Waals surface area contributed by atoms with Crippen molar-refractivity contribution in [1.29, 1.82) is 0 Å². The average molecular weight is 334 g/mol. The normalized spacial score (nSPS) is 20.7. The van der Waals surface area contributed by atoms with Crippen molar-refractivity contribution in [2.75, 3.05) is 0 Å². The fourth-order valence-electron chi connectivity index (χ4n) is 2.50. The molecule has 2 aromatic rings. The molecule has 7 nitrogen and oxygen atoms in total. The lowest BCUT2D eigenvalue weighted by atomic mass is 9.93. The Bertz CT molecular complexity index is 645. The number of halogens is 1. The average Bonchev–Trinajstić information content (AvgIpc) is 2.59. The molecule has 23 heavy (non-hydrogen) atoms. The van der Waals surface area contributed by atoms with Gasteiger partial charge in [-0.15, -0.1) is 0 Å². The molecule has 0 bridgehead atoms. The first kappa shape index (κ1) is 15.6. The fraction of sp³-hybridized carbons (Fsp3) is 0.400. The maximum absolute atomic E-state index is 12.0. The summed E-state index contributed by atoms with van der Waals surface area (Å²) in [4.78, 5) is 28.0. The maximum Gasteiger partial charge on any atom is 0.316 e. The second kappa shape index (κ2) is 7.32. The van der Waals surface area contributed by atoms with Crippen molar-refractivity contribution in [3.8, 4) is 6.01 Å². The van der Waals surface area contributed by atoms with Crippen molar-refractivity contribution in [2.45, 2.75) is 37.8 Å². The van der Waals surface area contributed by atoms with Gasteiger partial charge in [-0.3, -0.25) is 4.79 Å². The van der Waals surface area contributed by atoms with E-state index >= 15 is 0 Å². The van der Waals surface area contributed by atoms with E-state index in [1.807, 2.05) is 0 Å². The van der Waals surface area contributed by atoms with E-state index in [9.17, 15) is 4.79 Å². The zero-order valence-corrected chi connectivity index (χ0v) is 13.1. The summed E-state index contributed by atoms with van der Waals surface area (Å²) in [5.74, 6) is -0.0450. The molecule has 0 radical (unpaired) electrons. The van der Waals surface area contributed by atoms with Gasteiger partial charge < -0.3 is 10.1 Å². The van der Waals surface area contributed by atoms with Gasteiger partial charge >= 0.3 is 6.01 Å². The monoisotopic (exact) mass is 333 g/mol. The van der Waals surface area contributed by atoms with Crippen molar-refractivity contribution in [3.63, 3.8) is 0 Å². The Morgan fingerprint density at radius 1 is 1.09 bits per heavy atom. The summed E-state index contributed by atoms with van der Waals surface area (Å²) in [6.45, 7) is 0. The zero-order chi connectivity index (χ0) is 16.1. The third kappa shape index (κ3) is 4.35. The summed E-state index contributed by atoms with van der Waals surface area (Å²) in [5, 5.41) is 3.44. The first-order valence-corrected chi connectivity index (χ1v) is 7.80. The lowest BCUT2D eigenvalue weighted by Crippen LogP contribution is -2.40. The van der Waals surface area contributed by atoms with Crippen LogP contribution < -0.4 is 10.1 Å². The highest BCUT2D eigenvalue weighted by Gasteiger charge is 2.25. The molecular weight excluding hydrogens is 318 g/mol. The minimum atomic E-state index is -0.240. The Labute approximate surface area is 138 Å². The number of amides is 1. The Kier molecular flexibility index (Phi) is 4.97. The second-order valence-electron chi connectivity index (χ2n) is 5.32. The summed E-state index contributed by atoms with van der Waals surface area (Å²) in [6.07, 6.45) is 9.49. The van der Waals surface area contributed by atoms with E-state index in [-0.39, 0.29) is 23.9 Å². The van der Waals surface area contributed by atoms with Crippen LogP contribution in [0.25, 0.3) is 0 Å². The van der Waals surface area contributed by atoms with E-state index in [0.717, 1.165) is 25.7 Å². The van der Waals surface area contributed by atoms with Crippen molar-refractivity contribution in [1.82, 2.24) is 25.3 Å². The molecule has 8 heteroatoms. The summed E-state index contributed by atoms with van der Waals surface area (Å²) in [5.41, 5.74) is 0.